The van der Waals surface area contributed by atoms with E-state index in [1.165, 1.54) is 0 Å². The Balaban J connectivity index is 3.28. The normalized spacial score (nSPS) is 9.80. The lowest BCUT2D eigenvalue weighted by molar-refractivity contribution is 1.62. The second kappa shape index (κ2) is 2.68. The molecule has 4 heteroatoms. The van der Waals surface area contributed by atoms with Gasteiger partial charge in [0.1, 0.15) is 0 Å². The molecular weight excluding hydrogens is 215 g/mol. The minimum absolute atomic E-state index is 0.487. The zero-order valence-electron chi connectivity index (χ0n) is 5.07. The van der Waals surface area contributed by atoms with Gasteiger partial charge in [-0.15, -0.1) is 0 Å². The van der Waals surface area contributed by atoms with Gasteiger partial charge in [-0.1, -0.05) is 11.6 Å². The summed E-state index contributed by atoms with van der Waals surface area (Å²) in [5.41, 5.74) is 12.1. The Morgan fingerprint density at radius 1 is 1.20 bits per heavy atom. The Hall–Kier alpha value is -0.410. The van der Waals surface area contributed by atoms with Crippen molar-refractivity contribution in [2.75, 3.05) is 11.5 Å². The zero-order valence-corrected chi connectivity index (χ0v) is 7.41. The number of benzene rings is 1. The summed E-state index contributed by atoms with van der Waals surface area (Å²) in [6, 6.07) is 3.29. The molecule has 10 heavy (non-hydrogen) atoms. The van der Waals surface area contributed by atoms with Crippen molar-refractivity contribution >= 4 is 38.9 Å². The van der Waals surface area contributed by atoms with Crippen molar-refractivity contribution in [1.82, 2.24) is 0 Å². The van der Waals surface area contributed by atoms with E-state index in [0.717, 1.165) is 4.47 Å². The number of halogens is 2. The molecule has 0 atom stereocenters. The molecule has 0 unspecified atom stereocenters. The molecule has 0 amide bonds. The molecule has 0 saturated carbocycles. The molecule has 0 aliphatic rings. The third-order valence-corrected chi connectivity index (χ3v) is 2.13. The standard InChI is InChI=1S/C6H6BrClN2/c7-3-1-6(10)4(8)2-5(3)9/h1-2H,9-10H2. The van der Waals surface area contributed by atoms with Crippen LogP contribution < -0.4 is 11.5 Å². The second-order valence-corrected chi connectivity index (χ2v) is 3.16. The van der Waals surface area contributed by atoms with Crippen LogP contribution in [-0.4, -0.2) is 0 Å². The number of rotatable bonds is 0. The van der Waals surface area contributed by atoms with Gasteiger partial charge in [-0.3, -0.25) is 0 Å². The van der Waals surface area contributed by atoms with Crippen LogP contribution in [0.5, 0.6) is 0 Å². The topological polar surface area (TPSA) is 52.0 Å². The van der Waals surface area contributed by atoms with Gasteiger partial charge in [0.15, 0.2) is 0 Å². The molecule has 1 aromatic rings. The molecule has 0 spiro atoms. The van der Waals surface area contributed by atoms with Crippen LogP contribution in [0.4, 0.5) is 11.4 Å². The van der Waals surface area contributed by atoms with E-state index in [1.807, 2.05) is 0 Å². The molecule has 0 heterocycles. The number of hydrogen-bond acceptors (Lipinski definition) is 2. The van der Waals surface area contributed by atoms with E-state index >= 15 is 0 Å². The zero-order chi connectivity index (χ0) is 7.72. The van der Waals surface area contributed by atoms with Crippen molar-refractivity contribution in [2.24, 2.45) is 0 Å². The fourth-order valence-corrected chi connectivity index (χ4v) is 1.11. The summed E-state index contributed by atoms with van der Waals surface area (Å²) in [5, 5.41) is 0.487. The van der Waals surface area contributed by atoms with Crippen LogP contribution in [-0.2, 0) is 0 Å². The summed E-state index contributed by atoms with van der Waals surface area (Å²) in [5.74, 6) is 0. The van der Waals surface area contributed by atoms with Gasteiger partial charge in [-0.05, 0) is 28.1 Å². The average Bonchev–Trinajstić information content (AvgIpc) is 1.84. The van der Waals surface area contributed by atoms with Crippen LogP contribution in [0.25, 0.3) is 0 Å². The third kappa shape index (κ3) is 1.36. The fraction of sp³-hybridized carbons (Fsp3) is 0. The van der Waals surface area contributed by atoms with Gasteiger partial charge in [0, 0.05) is 10.2 Å². The molecule has 0 aromatic heterocycles. The van der Waals surface area contributed by atoms with Crippen LogP contribution in [0, 0.1) is 0 Å². The first-order valence-corrected chi connectivity index (χ1v) is 3.78. The van der Waals surface area contributed by atoms with Gasteiger partial charge in [-0.25, -0.2) is 0 Å². The molecule has 0 saturated heterocycles. The predicted molar refractivity (Wildman–Crippen MR) is 48.0 cm³/mol. The molecule has 0 radical (unpaired) electrons. The van der Waals surface area contributed by atoms with Crippen molar-refractivity contribution in [3.63, 3.8) is 0 Å². The van der Waals surface area contributed by atoms with Crippen LogP contribution in [0.1, 0.15) is 0 Å². The van der Waals surface area contributed by atoms with E-state index in [9.17, 15) is 0 Å². The predicted octanol–water partition coefficient (Wildman–Crippen LogP) is 2.27. The summed E-state index contributed by atoms with van der Waals surface area (Å²) in [6.45, 7) is 0. The highest BCUT2D eigenvalue weighted by molar-refractivity contribution is 9.10. The molecule has 1 rings (SSSR count). The van der Waals surface area contributed by atoms with Crippen molar-refractivity contribution in [2.45, 2.75) is 0 Å². The summed E-state index contributed by atoms with van der Waals surface area (Å²) < 4.78 is 0.773. The maximum absolute atomic E-state index is 5.66. The summed E-state index contributed by atoms with van der Waals surface area (Å²) in [7, 11) is 0. The van der Waals surface area contributed by atoms with Gasteiger partial charge in [0.25, 0.3) is 0 Å². The number of nitrogens with two attached hydrogens (primary N) is 2. The number of anilines is 2. The maximum atomic E-state index is 5.66. The lowest BCUT2D eigenvalue weighted by atomic mass is 10.3. The SMILES string of the molecule is Nc1cc(Br)c(N)cc1Cl. The Labute approximate surface area is 72.3 Å². The average molecular weight is 221 g/mol. The Bertz CT molecular complexity index is 212. The molecule has 54 valence electrons. The van der Waals surface area contributed by atoms with E-state index in [0.29, 0.717) is 16.4 Å². The smallest absolute Gasteiger partial charge is 0.0656 e. The van der Waals surface area contributed by atoms with Gasteiger partial charge < -0.3 is 11.5 Å². The maximum Gasteiger partial charge on any atom is 0.0656 e. The first-order valence-electron chi connectivity index (χ1n) is 2.61. The number of hydrogen-bond donors (Lipinski definition) is 2. The van der Waals surface area contributed by atoms with Crippen molar-refractivity contribution in [1.29, 1.82) is 0 Å². The highest BCUT2D eigenvalue weighted by atomic mass is 79.9. The fourth-order valence-electron chi connectivity index (χ4n) is 0.578. The first-order chi connectivity index (χ1) is 4.61. The van der Waals surface area contributed by atoms with Gasteiger partial charge >= 0.3 is 0 Å². The van der Waals surface area contributed by atoms with E-state index < -0.39 is 0 Å². The van der Waals surface area contributed by atoms with Crippen LogP contribution in [0.2, 0.25) is 5.02 Å². The Morgan fingerprint density at radius 2 is 1.80 bits per heavy atom. The number of nitrogen functional groups attached to an aromatic ring is 2. The van der Waals surface area contributed by atoms with Gasteiger partial charge in [0.05, 0.1) is 10.7 Å². The van der Waals surface area contributed by atoms with Crippen molar-refractivity contribution in [3.8, 4) is 0 Å². The molecular formula is C6H6BrClN2. The van der Waals surface area contributed by atoms with Gasteiger partial charge in [-0.2, -0.15) is 0 Å². The summed E-state index contributed by atoms with van der Waals surface area (Å²) >= 11 is 8.88. The van der Waals surface area contributed by atoms with Crippen LogP contribution >= 0.6 is 27.5 Å². The molecule has 0 aliphatic heterocycles. The molecule has 0 fully saturated rings. The summed E-state index contributed by atoms with van der Waals surface area (Å²) in [4.78, 5) is 0. The minimum atomic E-state index is 0.487. The van der Waals surface area contributed by atoms with Crippen LogP contribution in [0.3, 0.4) is 0 Å². The highest BCUT2D eigenvalue weighted by Crippen LogP contribution is 2.28. The first kappa shape index (κ1) is 7.69. The monoisotopic (exact) mass is 220 g/mol. The van der Waals surface area contributed by atoms with E-state index in [2.05, 4.69) is 15.9 Å². The quantitative estimate of drug-likeness (QED) is 0.660. The van der Waals surface area contributed by atoms with Gasteiger partial charge in [0.2, 0.25) is 0 Å². The van der Waals surface area contributed by atoms with Crippen molar-refractivity contribution < 1.29 is 0 Å². The highest BCUT2D eigenvalue weighted by Gasteiger charge is 1.99. The van der Waals surface area contributed by atoms with Crippen LogP contribution in [0.15, 0.2) is 16.6 Å². The Kier molecular flexibility index (Phi) is 2.06. The molecule has 0 bridgehead atoms. The third-order valence-electron chi connectivity index (χ3n) is 1.12. The molecule has 2 nitrogen and oxygen atoms in total. The Morgan fingerprint density at radius 3 is 2.30 bits per heavy atom. The molecule has 1 aromatic carbocycles. The van der Waals surface area contributed by atoms with E-state index in [4.69, 9.17) is 23.1 Å². The summed E-state index contributed by atoms with van der Waals surface area (Å²) in [6.07, 6.45) is 0. The van der Waals surface area contributed by atoms with Crippen molar-refractivity contribution in [3.05, 3.63) is 21.6 Å². The lowest BCUT2D eigenvalue weighted by Gasteiger charge is -2.00. The molecule has 4 N–H and O–H groups in total. The minimum Gasteiger partial charge on any atom is -0.398 e. The van der Waals surface area contributed by atoms with E-state index in [1.54, 1.807) is 12.1 Å². The lowest BCUT2D eigenvalue weighted by Crippen LogP contribution is -1.91. The largest absolute Gasteiger partial charge is 0.398 e. The second-order valence-electron chi connectivity index (χ2n) is 1.90. The molecule has 0 aliphatic carbocycles. The van der Waals surface area contributed by atoms with E-state index in [-0.39, 0.29) is 0 Å².